The Hall–Kier alpha value is -0.820. The molecule has 0 amide bonds. The lowest BCUT2D eigenvalue weighted by Gasteiger charge is -2.30. The first-order valence-corrected chi connectivity index (χ1v) is 8.57. The van der Waals surface area contributed by atoms with Gasteiger partial charge in [-0.05, 0) is 67.6 Å². The van der Waals surface area contributed by atoms with Crippen molar-refractivity contribution in [1.29, 1.82) is 0 Å². The molecule has 1 unspecified atom stereocenters. The fraction of sp³-hybridized carbons (Fsp3) is 0.684. The van der Waals surface area contributed by atoms with E-state index in [1.54, 1.807) is 11.1 Å². The van der Waals surface area contributed by atoms with E-state index in [2.05, 4.69) is 37.4 Å². The number of fused-ring (bicyclic) bond motifs is 1. The van der Waals surface area contributed by atoms with Crippen LogP contribution in [0.1, 0.15) is 75.1 Å². The standard InChI is InChI=1S/C19H29N/c1-3-19(11-4-5-12-19)14-20-15(2)17-10-9-16-7-6-8-18(16)13-17/h9-10,13,15,20H,3-8,11-12,14H2,1-2H3. The van der Waals surface area contributed by atoms with Crippen LogP contribution in [0.4, 0.5) is 0 Å². The number of benzene rings is 1. The summed E-state index contributed by atoms with van der Waals surface area (Å²) in [6, 6.07) is 7.65. The van der Waals surface area contributed by atoms with Gasteiger partial charge in [-0.25, -0.2) is 0 Å². The highest BCUT2D eigenvalue weighted by Gasteiger charge is 2.31. The van der Waals surface area contributed by atoms with Crippen molar-refractivity contribution >= 4 is 0 Å². The summed E-state index contributed by atoms with van der Waals surface area (Å²) in [5.41, 5.74) is 5.25. The Labute approximate surface area is 124 Å². The maximum absolute atomic E-state index is 3.82. The molecule has 1 saturated carbocycles. The number of hydrogen-bond acceptors (Lipinski definition) is 1. The summed E-state index contributed by atoms with van der Waals surface area (Å²) >= 11 is 0. The second-order valence-corrected chi connectivity index (χ2v) is 7.04. The van der Waals surface area contributed by atoms with Crippen molar-refractivity contribution in [3.05, 3.63) is 34.9 Å². The van der Waals surface area contributed by atoms with Gasteiger partial charge in [-0.2, -0.15) is 0 Å². The smallest absolute Gasteiger partial charge is 0.0292 e. The van der Waals surface area contributed by atoms with E-state index < -0.39 is 0 Å². The van der Waals surface area contributed by atoms with Gasteiger partial charge in [0.05, 0.1) is 0 Å². The van der Waals surface area contributed by atoms with Gasteiger partial charge in [-0.15, -0.1) is 0 Å². The molecule has 1 nitrogen and oxygen atoms in total. The Morgan fingerprint density at radius 1 is 1.10 bits per heavy atom. The lowest BCUT2D eigenvalue weighted by Crippen LogP contribution is -2.33. The number of hydrogen-bond donors (Lipinski definition) is 1. The number of rotatable bonds is 5. The van der Waals surface area contributed by atoms with Crippen molar-refractivity contribution in [2.24, 2.45) is 5.41 Å². The first-order valence-electron chi connectivity index (χ1n) is 8.57. The molecule has 1 aromatic carbocycles. The fourth-order valence-electron chi connectivity index (χ4n) is 4.13. The molecular formula is C19H29N. The van der Waals surface area contributed by atoms with E-state index in [4.69, 9.17) is 0 Å². The Kier molecular flexibility index (Phi) is 4.16. The third kappa shape index (κ3) is 2.79. The van der Waals surface area contributed by atoms with E-state index in [0.717, 1.165) is 0 Å². The third-order valence-electron chi connectivity index (χ3n) is 5.82. The van der Waals surface area contributed by atoms with Gasteiger partial charge in [-0.1, -0.05) is 38.0 Å². The van der Waals surface area contributed by atoms with E-state index in [-0.39, 0.29) is 0 Å². The minimum Gasteiger partial charge on any atom is -0.310 e. The minimum absolute atomic E-state index is 0.491. The second kappa shape index (κ2) is 5.89. The van der Waals surface area contributed by atoms with Gasteiger partial charge in [0, 0.05) is 12.6 Å². The van der Waals surface area contributed by atoms with Gasteiger partial charge in [0.2, 0.25) is 0 Å². The highest BCUT2D eigenvalue weighted by molar-refractivity contribution is 5.36. The van der Waals surface area contributed by atoms with Gasteiger partial charge >= 0.3 is 0 Å². The molecule has 3 rings (SSSR count). The van der Waals surface area contributed by atoms with Gasteiger partial charge in [0.15, 0.2) is 0 Å². The topological polar surface area (TPSA) is 12.0 Å². The molecule has 1 atom stereocenters. The predicted molar refractivity (Wildman–Crippen MR) is 86.1 cm³/mol. The lowest BCUT2D eigenvalue weighted by molar-refractivity contribution is 0.259. The van der Waals surface area contributed by atoms with Crippen molar-refractivity contribution in [2.45, 2.75) is 71.3 Å². The second-order valence-electron chi connectivity index (χ2n) is 7.04. The third-order valence-corrected chi connectivity index (χ3v) is 5.82. The zero-order chi connectivity index (χ0) is 14.0. The molecule has 1 N–H and O–H groups in total. The maximum Gasteiger partial charge on any atom is 0.0292 e. The van der Waals surface area contributed by atoms with Crippen molar-refractivity contribution in [3.8, 4) is 0 Å². The van der Waals surface area contributed by atoms with E-state index >= 15 is 0 Å². The SMILES string of the molecule is CCC1(CNC(C)c2ccc3c(c2)CCC3)CCCC1. The molecule has 1 fully saturated rings. The van der Waals surface area contributed by atoms with E-state index in [0.29, 0.717) is 11.5 Å². The average Bonchev–Trinajstić information content (AvgIpc) is 3.13. The fourth-order valence-corrected chi connectivity index (χ4v) is 4.13. The molecule has 0 radical (unpaired) electrons. The average molecular weight is 271 g/mol. The van der Waals surface area contributed by atoms with Crippen LogP contribution in [0.2, 0.25) is 0 Å². The van der Waals surface area contributed by atoms with Crippen LogP contribution in [-0.4, -0.2) is 6.54 Å². The summed E-state index contributed by atoms with van der Waals surface area (Å²) in [6.07, 6.45) is 11.0. The van der Waals surface area contributed by atoms with Crippen molar-refractivity contribution < 1.29 is 0 Å². The first kappa shape index (κ1) is 14.1. The molecule has 2 aliphatic rings. The Bertz CT molecular complexity index is 457. The quantitative estimate of drug-likeness (QED) is 0.811. The summed E-state index contributed by atoms with van der Waals surface area (Å²) < 4.78 is 0. The number of aryl methyl sites for hydroxylation is 2. The van der Waals surface area contributed by atoms with Crippen molar-refractivity contribution in [1.82, 2.24) is 5.32 Å². The van der Waals surface area contributed by atoms with Crippen LogP contribution in [0.25, 0.3) is 0 Å². The molecule has 0 aliphatic heterocycles. The summed E-state index contributed by atoms with van der Waals surface area (Å²) in [4.78, 5) is 0. The molecule has 2 aliphatic carbocycles. The summed E-state index contributed by atoms with van der Waals surface area (Å²) in [7, 11) is 0. The monoisotopic (exact) mass is 271 g/mol. The highest BCUT2D eigenvalue weighted by Crippen LogP contribution is 2.40. The summed E-state index contributed by atoms with van der Waals surface area (Å²) in [6.45, 7) is 5.89. The van der Waals surface area contributed by atoms with Gasteiger partial charge in [-0.3, -0.25) is 0 Å². The van der Waals surface area contributed by atoms with E-state index in [1.807, 2.05) is 0 Å². The van der Waals surface area contributed by atoms with Crippen LogP contribution < -0.4 is 5.32 Å². The molecule has 0 heterocycles. The molecule has 0 spiro atoms. The van der Waals surface area contributed by atoms with E-state index in [1.165, 1.54) is 63.5 Å². The lowest BCUT2D eigenvalue weighted by atomic mass is 9.83. The van der Waals surface area contributed by atoms with Crippen LogP contribution in [0.5, 0.6) is 0 Å². The molecule has 1 aromatic rings. The first-order chi connectivity index (χ1) is 9.72. The largest absolute Gasteiger partial charge is 0.310 e. The zero-order valence-electron chi connectivity index (χ0n) is 13.2. The highest BCUT2D eigenvalue weighted by atomic mass is 14.9. The maximum atomic E-state index is 3.82. The molecular weight excluding hydrogens is 242 g/mol. The van der Waals surface area contributed by atoms with Crippen molar-refractivity contribution in [2.75, 3.05) is 6.54 Å². The van der Waals surface area contributed by atoms with Crippen LogP contribution in [0, 0.1) is 5.41 Å². The van der Waals surface area contributed by atoms with Crippen LogP contribution in [0.3, 0.4) is 0 Å². The Balaban J connectivity index is 1.63. The van der Waals surface area contributed by atoms with E-state index in [9.17, 15) is 0 Å². The van der Waals surface area contributed by atoms with Crippen LogP contribution in [0.15, 0.2) is 18.2 Å². The summed E-state index contributed by atoms with van der Waals surface area (Å²) in [5.74, 6) is 0. The van der Waals surface area contributed by atoms with Gasteiger partial charge in [0.1, 0.15) is 0 Å². The molecule has 0 saturated heterocycles. The Morgan fingerprint density at radius 3 is 2.60 bits per heavy atom. The van der Waals surface area contributed by atoms with Crippen molar-refractivity contribution in [3.63, 3.8) is 0 Å². The summed E-state index contributed by atoms with van der Waals surface area (Å²) in [5, 5.41) is 3.82. The van der Waals surface area contributed by atoms with Crippen LogP contribution in [-0.2, 0) is 12.8 Å². The molecule has 110 valence electrons. The predicted octanol–water partition coefficient (Wildman–Crippen LogP) is 4.80. The Morgan fingerprint density at radius 2 is 1.85 bits per heavy atom. The van der Waals surface area contributed by atoms with Gasteiger partial charge in [0.25, 0.3) is 0 Å². The minimum atomic E-state index is 0.491. The molecule has 1 heteroatoms. The van der Waals surface area contributed by atoms with Crippen LogP contribution >= 0.6 is 0 Å². The zero-order valence-corrected chi connectivity index (χ0v) is 13.2. The molecule has 0 aromatic heterocycles. The molecule has 0 bridgehead atoms. The van der Waals surface area contributed by atoms with Gasteiger partial charge < -0.3 is 5.32 Å². The molecule has 20 heavy (non-hydrogen) atoms. The normalized spacial score (nSPS) is 21.9. The number of nitrogens with one attached hydrogen (secondary N) is 1.